The second-order valence-corrected chi connectivity index (χ2v) is 7.61. The number of nitrogens with zero attached hydrogens (tertiary/aromatic N) is 3. The maximum absolute atomic E-state index is 12.9. The summed E-state index contributed by atoms with van der Waals surface area (Å²) in [6, 6.07) is 17.1. The van der Waals surface area contributed by atoms with Gasteiger partial charge in [-0.1, -0.05) is 24.3 Å². The first-order valence-electron chi connectivity index (χ1n) is 9.53. The molecule has 4 heteroatoms. The van der Waals surface area contributed by atoms with Gasteiger partial charge >= 0.3 is 0 Å². The molecule has 26 heavy (non-hydrogen) atoms. The summed E-state index contributed by atoms with van der Waals surface area (Å²) in [5.74, 6) is 0.171. The van der Waals surface area contributed by atoms with E-state index in [1.165, 1.54) is 30.6 Å². The molecule has 0 bridgehead atoms. The summed E-state index contributed by atoms with van der Waals surface area (Å²) in [5, 5.41) is 0. The molecule has 1 unspecified atom stereocenters. The van der Waals surface area contributed by atoms with Gasteiger partial charge in [-0.3, -0.25) is 9.69 Å². The molecule has 1 atom stereocenters. The number of hydrogen-bond acceptors (Lipinski definition) is 3. The summed E-state index contributed by atoms with van der Waals surface area (Å²) >= 11 is 0. The standard InChI is InChI=1S/C22H27N3O/c1-23(2)20-6-3-5-19(15-20)17-8-10-18(11-9-17)22(26)25-14-13-24-12-4-7-21(24)16-25/h3,5-6,8-11,15,21H,4,7,12-14,16H2,1-2H3. The van der Waals surface area contributed by atoms with Gasteiger partial charge in [-0.15, -0.1) is 0 Å². The molecule has 0 spiro atoms. The summed E-state index contributed by atoms with van der Waals surface area (Å²) in [6.45, 7) is 3.95. The Bertz CT molecular complexity index is 784. The SMILES string of the molecule is CN(C)c1cccc(-c2ccc(C(=O)N3CCN4CCCC4C3)cc2)c1. The molecule has 0 radical (unpaired) electrons. The van der Waals surface area contributed by atoms with Crippen LogP contribution in [0.25, 0.3) is 11.1 Å². The third-order valence-electron chi connectivity index (χ3n) is 5.70. The topological polar surface area (TPSA) is 26.8 Å². The van der Waals surface area contributed by atoms with E-state index in [9.17, 15) is 4.79 Å². The van der Waals surface area contributed by atoms with Crippen LogP contribution in [-0.2, 0) is 0 Å². The number of amides is 1. The Morgan fingerprint density at radius 2 is 1.81 bits per heavy atom. The van der Waals surface area contributed by atoms with E-state index in [2.05, 4.69) is 46.2 Å². The fourth-order valence-electron chi connectivity index (χ4n) is 4.13. The molecule has 2 saturated heterocycles. The van der Waals surface area contributed by atoms with Crippen molar-refractivity contribution in [1.29, 1.82) is 0 Å². The highest BCUT2D eigenvalue weighted by molar-refractivity contribution is 5.94. The van der Waals surface area contributed by atoms with Gasteiger partial charge in [0.15, 0.2) is 0 Å². The lowest BCUT2D eigenvalue weighted by Gasteiger charge is -2.37. The summed E-state index contributed by atoms with van der Waals surface area (Å²) in [6.07, 6.45) is 2.50. The summed E-state index contributed by atoms with van der Waals surface area (Å²) in [5.41, 5.74) is 4.29. The first-order valence-corrected chi connectivity index (χ1v) is 9.53. The Balaban J connectivity index is 1.49. The van der Waals surface area contributed by atoms with Gasteiger partial charge in [-0.25, -0.2) is 0 Å². The van der Waals surface area contributed by atoms with E-state index in [1.54, 1.807) is 0 Å². The van der Waals surface area contributed by atoms with Crippen molar-refractivity contribution in [2.24, 2.45) is 0 Å². The highest BCUT2D eigenvalue weighted by Crippen LogP contribution is 2.26. The van der Waals surface area contributed by atoms with Gasteiger partial charge in [0.05, 0.1) is 0 Å². The van der Waals surface area contributed by atoms with Crippen LogP contribution in [0.2, 0.25) is 0 Å². The van der Waals surface area contributed by atoms with Crippen molar-refractivity contribution in [2.45, 2.75) is 18.9 Å². The van der Waals surface area contributed by atoms with Gasteiger partial charge < -0.3 is 9.80 Å². The Kier molecular flexibility index (Phi) is 4.68. The van der Waals surface area contributed by atoms with E-state index in [1.807, 2.05) is 31.1 Å². The van der Waals surface area contributed by atoms with Crippen molar-refractivity contribution in [2.75, 3.05) is 45.2 Å². The Labute approximate surface area is 156 Å². The molecule has 4 rings (SSSR count). The zero-order chi connectivity index (χ0) is 18.1. The van der Waals surface area contributed by atoms with Gasteiger partial charge in [-0.2, -0.15) is 0 Å². The van der Waals surface area contributed by atoms with Gasteiger partial charge in [0, 0.05) is 51.0 Å². The van der Waals surface area contributed by atoms with E-state index < -0.39 is 0 Å². The molecule has 4 nitrogen and oxygen atoms in total. The van der Waals surface area contributed by atoms with Crippen LogP contribution in [0.15, 0.2) is 48.5 Å². The van der Waals surface area contributed by atoms with Crippen molar-refractivity contribution in [3.63, 3.8) is 0 Å². The minimum Gasteiger partial charge on any atom is -0.378 e. The maximum Gasteiger partial charge on any atom is 0.253 e. The zero-order valence-electron chi connectivity index (χ0n) is 15.7. The quantitative estimate of drug-likeness (QED) is 0.850. The summed E-state index contributed by atoms with van der Waals surface area (Å²) < 4.78 is 0. The number of anilines is 1. The molecule has 0 saturated carbocycles. The second-order valence-electron chi connectivity index (χ2n) is 7.61. The van der Waals surface area contributed by atoms with Crippen molar-refractivity contribution in [1.82, 2.24) is 9.80 Å². The Morgan fingerprint density at radius 3 is 2.58 bits per heavy atom. The van der Waals surface area contributed by atoms with Crippen LogP contribution in [-0.4, -0.2) is 62.0 Å². The lowest BCUT2D eigenvalue weighted by atomic mass is 10.0. The number of hydrogen-bond donors (Lipinski definition) is 0. The van der Waals surface area contributed by atoms with Crippen molar-refractivity contribution in [3.8, 4) is 11.1 Å². The Hall–Kier alpha value is -2.33. The van der Waals surface area contributed by atoms with Crippen LogP contribution < -0.4 is 4.90 Å². The van der Waals surface area contributed by atoms with Crippen molar-refractivity contribution in [3.05, 3.63) is 54.1 Å². The maximum atomic E-state index is 12.9. The molecular formula is C22H27N3O. The molecular weight excluding hydrogens is 322 g/mol. The van der Waals surface area contributed by atoms with Crippen LogP contribution in [0.1, 0.15) is 23.2 Å². The molecule has 0 aromatic heterocycles. The van der Waals surface area contributed by atoms with Gasteiger partial charge in [-0.05, 0) is 54.8 Å². The molecule has 2 aliphatic heterocycles. The van der Waals surface area contributed by atoms with Crippen LogP contribution in [0, 0.1) is 0 Å². The molecule has 0 N–H and O–H groups in total. The highest BCUT2D eigenvalue weighted by atomic mass is 16.2. The van der Waals surface area contributed by atoms with Crippen molar-refractivity contribution >= 4 is 11.6 Å². The molecule has 2 aliphatic rings. The largest absolute Gasteiger partial charge is 0.378 e. The van der Waals surface area contributed by atoms with Crippen LogP contribution in [0.3, 0.4) is 0 Å². The summed E-state index contributed by atoms with van der Waals surface area (Å²) in [4.78, 5) is 19.5. The smallest absolute Gasteiger partial charge is 0.253 e. The molecule has 2 aromatic rings. The average molecular weight is 349 g/mol. The average Bonchev–Trinajstić information content (AvgIpc) is 3.15. The molecule has 2 aromatic carbocycles. The van der Waals surface area contributed by atoms with Gasteiger partial charge in [0.2, 0.25) is 0 Å². The number of benzene rings is 2. The van der Waals surface area contributed by atoms with E-state index in [0.717, 1.165) is 30.8 Å². The summed E-state index contributed by atoms with van der Waals surface area (Å²) in [7, 11) is 4.09. The van der Waals surface area contributed by atoms with E-state index in [0.29, 0.717) is 6.04 Å². The number of piperazine rings is 1. The first kappa shape index (κ1) is 17.1. The molecule has 1 amide bonds. The zero-order valence-corrected chi connectivity index (χ0v) is 15.7. The monoisotopic (exact) mass is 349 g/mol. The van der Waals surface area contributed by atoms with Crippen LogP contribution in [0.4, 0.5) is 5.69 Å². The number of carbonyl (C=O) groups excluding carboxylic acids is 1. The van der Waals surface area contributed by atoms with Gasteiger partial charge in [0.1, 0.15) is 0 Å². The number of rotatable bonds is 3. The van der Waals surface area contributed by atoms with Gasteiger partial charge in [0.25, 0.3) is 5.91 Å². The third-order valence-corrected chi connectivity index (χ3v) is 5.70. The molecule has 136 valence electrons. The Morgan fingerprint density at radius 1 is 1.00 bits per heavy atom. The predicted molar refractivity (Wildman–Crippen MR) is 107 cm³/mol. The highest BCUT2D eigenvalue weighted by Gasteiger charge is 2.32. The molecule has 0 aliphatic carbocycles. The fraction of sp³-hybridized carbons (Fsp3) is 0.409. The van der Waals surface area contributed by atoms with E-state index in [4.69, 9.17) is 0 Å². The van der Waals surface area contributed by atoms with E-state index in [-0.39, 0.29) is 5.91 Å². The second kappa shape index (κ2) is 7.12. The molecule has 2 heterocycles. The lowest BCUT2D eigenvalue weighted by Crippen LogP contribution is -2.52. The number of carbonyl (C=O) groups is 1. The van der Waals surface area contributed by atoms with Crippen LogP contribution in [0.5, 0.6) is 0 Å². The lowest BCUT2D eigenvalue weighted by molar-refractivity contribution is 0.0571. The van der Waals surface area contributed by atoms with E-state index >= 15 is 0 Å². The van der Waals surface area contributed by atoms with Crippen LogP contribution >= 0.6 is 0 Å². The third kappa shape index (κ3) is 3.34. The molecule has 2 fully saturated rings. The minimum absolute atomic E-state index is 0.171. The first-order chi connectivity index (χ1) is 12.6. The number of fused-ring (bicyclic) bond motifs is 1. The normalized spacial score (nSPS) is 20.1. The predicted octanol–water partition coefficient (Wildman–Crippen LogP) is 3.34. The minimum atomic E-state index is 0.171. The fourth-order valence-corrected chi connectivity index (χ4v) is 4.13. The van der Waals surface area contributed by atoms with Crippen molar-refractivity contribution < 1.29 is 4.79 Å².